The molecule has 0 saturated heterocycles. The molecule has 0 radical (unpaired) electrons. The predicted octanol–water partition coefficient (Wildman–Crippen LogP) is 4.65. The van der Waals surface area contributed by atoms with Gasteiger partial charge in [0.2, 0.25) is 0 Å². The zero-order valence-corrected chi connectivity index (χ0v) is 15.2. The van der Waals surface area contributed by atoms with Crippen LogP contribution >= 0.6 is 22.9 Å². The largest absolute Gasteiger partial charge is 0.495 e. The number of carbonyl (C=O) groups is 1. The molecule has 2 aromatic rings. The summed E-state index contributed by atoms with van der Waals surface area (Å²) in [5.74, 6) is 0.585. The van der Waals surface area contributed by atoms with Crippen LogP contribution < -0.4 is 15.4 Å². The van der Waals surface area contributed by atoms with Crippen LogP contribution in [0.2, 0.25) is 5.02 Å². The van der Waals surface area contributed by atoms with E-state index >= 15 is 0 Å². The molecule has 1 aliphatic rings. The highest BCUT2D eigenvalue weighted by Gasteiger charge is 2.15. The maximum Gasteiger partial charge on any atom is 0.319 e. The van der Waals surface area contributed by atoms with E-state index in [1.807, 2.05) is 11.3 Å². The maximum absolute atomic E-state index is 12.1. The monoisotopic (exact) mass is 364 g/mol. The number of anilines is 1. The number of benzene rings is 1. The van der Waals surface area contributed by atoms with Crippen LogP contribution in [0.25, 0.3) is 0 Å². The van der Waals surface area contributed by atoms with Crippen molar-refractivity contribution in [3.05, 3.63) is 44.6 Å². The lowest BCUT2D eigenvalue weighted by Crippen LogP contribution is -2.30. The highest BCUT2D eigenvalue weighted by atomic mass is 35.5. The van der Waals surface area contributed by atoms with E-state index in [-0.39, 0.29) is 6.03 Å². The Bertz CT molecular complexity index is 730. The molecule has 3 rings (SSSR count). The number of hydrogen-bond acceptors (Lipinski definition) is 3. The van der Waals surface area contributed by atoms with Crippen molar-refractivity contribution in [3.63, 3.8) is 0 Å². The normalized spacial score (nSPS) is 13.2. The lowest BCUT2D eigenvalue weighted by Gasteiger charge is -2.14. The summed E-state index contributed by atoms with van der Waals surface area (Å²) in [5, 5.41) is 8.49. The maximum atomic E-state index is 12.1. The van der Waals surface area contributed by atoms with Gasteiger partial charge in [0, 0.05) is 16.4 Å². The first-order valence-corrected chi connectivity index (χ1v) is 9.39. The van der Waals surface area contributed by atoms with Crippen molar-refractivity contribution < 1.29 is 9.53 Å². The molecule has 2 amide bonds. The quantitative estimate of drug-likeness (QED) is 0.811. The van der Waals surface area contributed by atoms with E-state index in [2.05, 4.69) is 16.0 Å². The number of halogens is 1. The van der Waals surface area contributed by atoms with Crippen LogP contribution in [0.5, 0.6) is 5.75 Å². The number of methoxy groups -OCH3 is 1. The average Bonchev–Trinajstić information content (AvgIpc) is 2.98. The van der Waals surface area contributed by atoms with Crippen molar-refractivity contribution in [2.45, 2.75) is 32.1 Å². The fraction of sp³-hybridized carbons (Fsp3) is 0.389. The summed E-state index contributed by atoms with van der Waals surface area (Å²) in [5.41, 5.74) is 3.47. The minimum Gasteiger partial charge on any atom is -0.495 e. The van der Waals surface area contributed by atoms with E-state index in [1.54, 1.807) is 25.3 Å². The van der Waals surface area contributed by atoms with Gasteiger partial charge in [0.25, 0.3) is 0 Å². The Kier molecular flexibility index (Phi) is 5.63. The van der Waals surface area contributed by atoms with Crippen molar-refractivity contribution in [2.24, 2.45) is 0 Å². The summed E-state index contributed by atoms with van der Waals surface area (Å²) in [6.45, 7) is 0.609. The molecule has 0 bridgehead atoms. The van der Waals surface area contributed by atoms with Crippen molar-refractivity contribution >= 4 is 34.7 Å². The van der Waals surface area contributed by atoms with Crippen LogP contribution in [0.4, 0.5) is 10.5 Å². The second kappa shape index (κ2) is 7.90. The molecule has 1 aliphatic carbocycles. The number of carbonyl (C=O) groups excluding carboxylic acids is 1. The molecule has 24 heavy (non-hydrogen) atoms. The molecule has 1 aromatic heterocycles. The van der Waals surface area contributed by atoms with Crippen LogP contribution in [0, 0.1) is 0 Å². The summed E-state index contributed by atoms with van der Waals surface area (Å²) >= 11 is 7.83. The number of aryl methyl sites for hydroxylation is 1. The van der Waals surface area contributed by atoms with Gasteiger partial charge in [-0.15, -0.1) is 11.3 Å². The van der Waals surface area contributed by atoms with Gasteiger partial charge in [0.15, 0.2) is 0 Å². The van der Waals surface area contributed by atoms with Crippen molar-refractivity contribution in [2.75, 3.05) is 19.0 Å². The second-order valence-electron chi connectivity index (χ2n) is 5.85. The van der Waals surface area contributed by atoms with Gasteiger partial charge in [-0.05, 0) is 66.8 Å². The number of hydrogen-bond donors (Lipinski definition) is 2. The summed E-state index contributed by atoms with van der Waals surface area (Å²) < 4.78 is 5.23. The molecule has 0 fully saturated rings. The number of rotatable bonds is 5. The molecule has 0 saturated carbocycles. The SMILES string of the molecule is COc1ccc(Cl)cc1NC(=O)NCCc1csc2c1CCCC2. The van der Waals surface area contributed by atoms with Gasteiger partial charge in [-0.25, -0.2) is 4.79 Å². The third kappa shape index (κ3) is 4.02. The molecule has 0 aliphatic heterocycles. The van der Waals surface area contributed by atoms with Gasteiger partial charge in [0.1, 0.15) is 5.75 Å². The summed E-state index contributed by atoms with van der Waals surface area (Å²) in [6.07, 6.45) is 5.84. The number of nitrogens with one attached hydrogen (secondary N) is 2. The number of ether oxygens (including phenoxy) is 1. The molecule has 0 unspecified atom stereocenters. The molecule has 2 N–H and O–H groups in total. The third-order valence-electron chi connectivity index (χ3n) is 4.24. The molecule has 0 atom stereocenters. The molecule has 128 valence electrons. The first kappa shape index (κ1) is 17.1. The molecular weight excluding hydrogens is 344 g/mol. The van der Waals surface area contributed by atoms with Crippen LogP contribution in [0.15, 0.2) is 23.6 Å². The first-order valence-electron chi connectivity index (χ1n) is 8.14. The number of fused-ring (bicyclic) bond motifs is 1. The van der Waals surface area contributed by atoms with E-state index < -0.39 is 0 Å². The minimum absolute atomic E-state index is 0.250. The van der Waals surface area contributed by atoms with Crippen LogP contribution in [0.3, 0.4) is 0 Å². The number of thiophene rings is 1. The minimum atomic E-state index is -0.250. The molecule has 1 heterocycles. The Hall–Kier alpha value is -1.72. The van der Waals surface area contributed by atoms with E-state index in [4.69, 9.17) is 16.3 Å². The predicted molar refractivity (Wildman–Crippen MR) is 99.7 cm³/mol. The van der Waals surface area contributed by atoms with Crippen molar-refractivity contribution in [1.82, 2.24) is 5.32 Å². The Morgan fingerprint density at radius 1 is 1.33 bits per heavy atom. The molecule has 6 heteroatoms. The van der Waals surface area contributed by atoms with Gasteiger partial charge in [-0.2, -0.15) is 0 Å². The van der Waals surface area contributed by atoms with Crippen LogP contribution in [0.1, 0.15) is 28.8 Å². The smallest absolute Gasteiger partial charge is 0.319 e. The lowest BCUT2D eigenvalue weighted by atomic mass is 9.95. The first-order chi connectivity index (χ1) is 11.7. The molecule has 1 aromatic carbocycles. The van der Waals surface area contributed by atoms with E-state index in [9.17, 15) is 4.79 Å². The zero-order chi connectivity index (χ0) is 16.9. The zero-order valence-electron chi connectivity index (χ0n) is 13.7. The van der Waals surface area contributed by atoms with Gasteiger partial charge in [-0.1, -0.05) is 11.6 Å². The van der Waals surface area contributed by atoms with Crippen molar-refractivity contribution in [1.29, 1.82) is 0 Å². The summed E-state index contributed by atoms with van der Waals surface area (Å²) in [4.78, 5) is 13.6. The number of amides is 2. The molecule has 0 spiro atoms. The Balaban J connectivity index is 1.53. The van der Waals surface area contributed by atoms with E-state index in [0.717, 1.165) is 6.42 Å². The Morgan fingerprint density at radius 3 is 3.00 bits per heavy atom. The fourth-order valence-electron chi connectivity index (χ4n) is 3.03. The highest BCUT2D eigenvalue weighted by Crippen LogP contribution is 2.30. The summed E-state index contributed by atoms with van der Waals surface area (Å²) in [6, 6.07) is 4.88. The highest BCUT2D eigenvalue weighted by molar-refractivity contribution is 7.10. The fourth-order valence-corrected chi connectivity index (χ4v) is 4.38. The standard InChI is InChI=1S/C18H21ClN2O2S/c1-23-16-7-6-13(19)10-15(16)21-18(22)20-9-8-12-11-24-17-5-3-2-4-14(12)17/h6-7,10-11H,2-5,8-9H2,1H3,(H2,20,21,22). The molecular formula is C18H21ClN2O2S. The van der Waals surface area contributed by atoms with Crippen molar-refractivity contribution in [3.8, 4) is 5.75 Å². The van der Waals surface area contributed by atoms with Gasteiger partial charge < -0.3 is 15.4 Å². The third-order valence-corrected chi connectivity index (χ3v) is 5.61. The van der Waals surface area contributed by atoms with Gasteiger partial charge >= 0.3 is 6.03 Å². The molecule has 4 nitrogen and oxygen atoms in total. The Labute approximate surface area is 151 Å². The van der Waals surface area contributed by atoms with E-state index in [0.29, 0.717) is 23.0 Å². The van der Waals surface area contributed by atoms with Crippen LogP contribution in [-0.2, 0) is 19.3 Å². The van der Waals surface area contributed by atoms with Crippen LogP contribution in [-0.4, -0.2) is 19.7 Å². The summed E-state index contributed by atoms with van der Waals surface area (Å²) in [7, 11) is 1.56. The lowest BCUT2D eigenvalue weighted by molar-refractivity contribution is 0.252. The van der Waals surface area contributed by atoms with E-state index in [1.165, 1.54) is 41.7 Å². The van der Waals surface area contributed by atoms with Gasteiger partial charge in [-0.3, -0.25) is 0 Å². The van der Waals surface area contributed by atoms with Gasteiger partial charge in [0.05, 0.1) is 12.8 Å². The number of urea groups is 1. The Morgan fingerprint density at radius 2 is 2.17 bits per heavy atom. The average molecular weight is 365 g/mol. The second-order valence-corrected chi connectivity index (χ2v) is 7.25. The topological polar surface area (TPSA) is 50.4 Å².